The fourth-order valence-corrected chi connectivity index (χ4v) is 2.78. The van der Waals surface area contributed by atoms with Crippen molar-refractivity contribution in [2.75, 3.05) is 46.8 Å². The maximum Gasteiger partial charge on any atom is 0.0869 e. The lowest BCUT2D eigenvalue weighted by Gasteiger charge is -2.34. The van der Waals surface area contributed by atoms with Gasteiger partial charge >= 0.3 is 0 Å². The first-order valence-corrected chi connectivity index (χ1v) is 7.26. The Morgan fingerprint density at radius 3 is 2.44 bits per heavy atom. The van der Waals surface area contributed by atoms with Gasteiger partial charge in [0.25, 0.3) is 0 Å². The van der Waals surface area contributed by atoms with Crippen LogP contribution >= 0.6 is 0 Å². The Kier molecular flexibility index (Phi) is 6.57. The average Bonchev–Trinajstić information content (AvgIpc) is 2.27. The third-order valence-electron chi connectivity index (χ3n) is 3.56. The Morgan fingerprint density at radius 2 is 1.94 bits per heavy atom. The number of hydrogen-bond acceptors (Lipinski definition) is 4. The molecule has 0 bridgehead atoms. The third kappa shape index (κ3) is 6.14. The number of likely N-dealkylation sites (N-methyl/N-ethyl adjacent to an activating group) is 1. The Bertz CT molecular complexity index is 223. The Balaban J connectivity index is 2.21. The van der Waals surface area contributed by atoms with Crippen molar-refractivity contribution in [1.29, 1.82) is 0 Å². The molecular weight excluding hydrogens is 226 g/mol. The highest BCUT2D eigenvalue weighted by atomic mass is 16.3. The zero-order valence-corrected chi connectivity index (χ0v) is 12.6. The van der Waals surface area contributed by atoms with Gasteiger partial charge in [0.05, 0.1) is 5.60 Å². The molecule has 0 aromatic carbocycles. The lowest BCUT2D eigenvalue weighted by Crippen LogP contribution is -2.50. The molecule has 1 atom stereocenters. The highest BCUT2D eigenvalue weighted by Crippen LogP contribution is 2.12. The molecule has 2 N–H and O–H groups in total. The number of aliphatic hydroxyl groups is 1. The van der Waals surface area contributed by atoms with Gasteiger partial charge in [-0.2, -0.15) is 0 Å². The van der Waals surface area contributed by atoms with Crippen LogP contribution in [0.4, 0.5) is 0 Å². The first-order chi connectivity index (χ1) is 8.43. The summed E-state index contributed by atoms with van der Waals surface area (Å²) in [6.07, 6.45) is 3.66. The summed E-state index contributed by atoms with van der Waals surface area (Å²) in [4.78, 5) is 4.57. The van der Waals surface area contributed by atoms with Crippen LogP contribution in [-0.4, -0.2) is 73.4 Å². The van der Waals surface area contributed by atoms with E-state index in [1.165, 1.54) is 38.9 Å². The highest BCUT2D eigenvalue weighted by molar-refractivity contribution is 4.83. The molecule has 1 unspecified atom stereocenters. The minimum atomic E-state index is -0.635. The summed E-state index contributed by atoms with van der Waals surface area (Å²) in [5.41, 5.74) is -0.635. The smallest absolute Gasteiger partial charge is 0.0869 e. The molecule has 0 spiro atoms. The van der Waals surface area contributed by atoms with Gasteiger partial charge in [-0.3, -0.25) is 0 Å². The summed E-state index contributed by atoms with van der Waals surface area (Å²) in [6, 6.07) is 0.576. The van der Waals surface area contributed by atoms with E-state index in [1.807, 2.05) is 25.9 Å². The molecule has 4 heteroatoms. The van der Waals surface area contributed by atoms with Crippen LogP contribution in [0.5, 0.6) is 0 Å². The molecule has 0 aliphatic carbocycles. The predicted octanol–water partition coefficient (Wildman–Crippen LogP) is 0.763. The van der Waals surface area contributed by atoms with Crippen molar-refractivity contribution < 1.29 is 5.11 Å². The summed E-state index contributed by atoms with van der Waals surface area (Å²) in [6.45, 7) is 9.15. The molecule has 0 saturated carbocycles. The van der Waals surface area contributed by atoms with Crippen LogP contribution < -0.4 is 5.32 Å². The second-order valence-corrected chi connectivity index (χ2v) is 6.23. The molecule has 18 heavy (non-hydrogen) atoms. The molecule has 108 valence electrons. The minimum Gasteiger partial charge on any atom is -0.388 e. The fraction of sp³-hybridized carbons (Fsp3) is 1.00. The molecule has 0 aromatic rings. The van der Waals surface area contributed by atoms with Crippen LogP contribution in [0.2, 0.25) is 0 Å². The summed E-state index contributed by atoms with van der Waals surface area (Å²) < 4.78 is 0. The maximum absolute atomic E-state index is 10.2. The lowest BCUT2D eigenvalue weighted by molar-refractivity contribution is 0.0288. The number of rotatable bonds is 7. The van der Waals surface area contributed by atoms with Gasteiger partial charge in [-0.05, 0) is 59.9 Å². The van der Waals surface area contributed by atoms with Gasteiger partial charge in [-0.25, -0.2) is 0 Å². The van der Waals surface area contributed by atoms with Crippen molar-refractivity contribution >= 4 is 0 Å². The molecule has 4 nitrogen and oxygen atoms in total. The minimum absolute atomic E-state index is 0.576. The van der Waals surface area contributed by atoms with Crippen LogP contribution in [0.15, 0.2) is 0 Å². The molecule has 0 amide bonds. The number of hydrogen-bond donors (Lipinski definition) is 2. The van der Waals surface area contributed by atoms with E-state index < -0.39 is 5.60 Å². The topological polar surface area (TPSA) is 38.7 Å². The van der Waals surface area contributed by atoms with E-state index in [0.29, 0.717) is 19.1 Å². The molecular formula is C14H31N3O. The van der Waals surface area contributed by atoms with Crippen LogP contribution in [-0.2, 0) is 0 Å². The average molecular weight is 257 g/mol. The van der Waals surface area contributed by atoms with E-state index in [1.54, 1.807) is 0 Å². The number of piperidine rings is 1. The van der Waals surface area contributed by atoms with Gasteiger partial charge in [0.1, 0.15) is 0 Å². The SMILES string of the molecule is CCCN1CCC(NCC(C)(O)CN(C)C)CC1. The summed E-state index contributed by atoms with van der Waals surface area (Å²) >= 11 is 0. The fourth-order valence-electron chi connectivity index (χ4n) is 2.78. The van der Waals surface area contributed by atoms with E-state index in [-0.39, 0.29) is 0 Å². The second-order valence-electron chi connectivity index (χ2n) is 6.23. The van der Waals surface area contributed by atoms with Gasteiger partial charge in [-0.15, -0.1) is 0 Å². The number of nitrogens with zero attached hydrogens (tertiary/aromatic N) is 2. The van der Waals surface area contributed by atoms with E-state index >= 15 is 0 Å². The zero-order valence-electron chi connectivity index (χ0n) is 12.6. The molecule has 1 aliphatic rings. The first kappa shape index (κ1) is 15.9. The Hall–Kier alpha value is -0.160. The van der Waals surface area contributed by atoms with Gasteiger partial charge in [0, 0.05) is 19.1 Å². The quantitative estimate of drug-likeness (QED) is 0.706. The van der Waals surface area contributed by atoms with Crippen molar-refractivity contribution in [2.24, 2.45) is 0 Å². The molecule has 0 radical (unpaired) electrons. The van der Waals surface area contributed by atoms with E-state index in [0.717, 1.165) is 0 Å². The molecule has 0 aromatic heterocycles. The maximum atomic E-state index is 10.2. The summed E-state index contributed by atoms with van der Waals surface area (Å²) in [7, 11) is 4.00. The van der Waals surface area contributed by atoms with E-state index in [9.17, 15) is 5.11 Å². The van der Waals surface area contributed by atoms with Crippen molar-refractivity contribution in [2.45, 2.75) is 44.8 Å². The van der Waals surface area contributed by atoms with Crippen LogP contribution in [0, 0.1) is 0 Å². The van der Waals surface area contributed by atoms with Crippen molar-refractivity contribution in [1.82, 2.24) is 15.1 Å². The van der Waals surface area contributed by atoms with Gasteiger partial charge in [-0.1, -0.05) is 6.92 Å². The second kappa shape index (κ2) is 7.43. The number of likely N-dealkylation sites (tertiary alicyclic amines) is 1. The van der Waals surface area contributed by atoms with Crippen LogP contribution in [0.1, 0.15) is 33.1 Å². The summed E-state index contributed by atoms with van der Waals surface area (Å²) in [5.74, 6) is 0. The van der Waals surface area contributed by atoms with Crippen molar-refractivity contribution in [3.05, 3.63) is 0 Å². The molecule has 1 heterocycles. The first-order valence-electron chi connectivity index (χ1n) is 7.26. The van der Waals surface area contributed by atoms with Crippen LogP contribution in [0.3, 0.4) is 0 Å². The molecule has 1 fully saturated rings. The highest BCUT2D eigenvalue weighted by Gasteiger charge is 2.24. The van der Waals surface area contributed by atoms with E-state index in [4.69, 9.17) is 0 Å². The van der Waals surface area contributed by atoms with Crippen LogP contribution in [0.25, 0.3) is 0 Å². The zero-order chi connectivity index (χ0) is 13.6. The third-order valence-corrected chi connectivity index (χ3v) is 3.56. The summed E-state index contributed by atoms with van der Waals surface area (Å²) in [5, 5.41) is 13.8. The van der Waals surface area contributed by atoms with Gasteiger partial charge in [0.2, 0.25) is 0 Å². The van der Waals surface area contributed by atoms with Crippen molar-refractivity contribution in [3.8, 4) is 0 Å². The Morgan fingerprint density at radius 1 is 1.33 bits per heavy atom. The Labute approximate surface area is 112 Å². The standard InChI is InChI=1S/C14H31N3O/c1-5-8-17-9-6-13(7-10-17)15-11-14(2,18)12-16(3)4/h13,15,18H,5-12H2,1-4H3. The predicted molar refractivity (Wildman–Crippen MR) is 76.9 cm³/mol. The monoisotopic (exact) mass is 257 g/mol. The largest absolute Gasteiger partial charge is 0.388 e. The van der Waals surface area contributed by atoms with E-state index in [2.05, 4.69) is 17.1 Å². The normalized spacial score (nSPS) is 22.3. The lowest BCUT2D eigenvalue weighted by atomic mass is 10.0. The van der Waals surface area contributed by atoms with Gasteiger partial charge in [0.15, 0.2) is 0 Å². The number of nitrogens with one attached hydrogen (secondary N) is 1. The molecule has 1 rings (SSSR count). The molecule has 1 aliphatic heterocycles. The van der Waals surface area contributed by atoms with Gasteiger partial charge < -0.3 is 20.2 Å². The van der Waals surface area contributed by atoms with Crippen molar-refractivity contribution in [3.63, 3.8) is 0 Å². The molecule has 1 saturated heterocycles.